The molecule has 2 aromatic carbocycles. The summed E-state index contributed by atoms with van der Waals surface area (Å²) in [6, 6.07) is 21.6. The van der Waals surface area contributed by atoms with Crippen LogP contribution in [0.5, 0.6) is 11.5 Å². The van der Waals surface area contributed by atoms with Gasteiger partial charge in [0.05, 0.1) is 23.9 Å². The van der Waals surface area contributed by atoms with E-state index in [1.54, 1.807) is 6.08 Å². The highest BCUT2D eigenvalue weighted by molar-refractivity contribution is 6.03. The number of pyridine rings is 1. The summed E-state index contributed by atoms with van der Waals surface area (Å²) in [4.78, 5) is 27.3. The van der Waals surface area contributed by atoms with Crippen LogP contribution in [0.4, 0.5) is 0 Å². The summed E-state index contributed by atoms with van der Waals surface area (Å²) in [6.07, 6.45) is 12.0. The lowest BCUT2D eigenvalue weighted by Crippen LogP contribution is -2.70. The summed E-state index contributed by atoms with van der Waals surface area (Å²) in [5, 5.41) is 24.8. The van der Waals surface area contributed by atoms with Crippen LogP contribution in [-0.2, 0) is 27.6 Å². The number of benzene rings is 2. The average molecular weight is 792 g/mol. The Morgan fingerprint density at radius 3 is 2.53 bits per heavy atom. The number of carbonyl (C=O) groups excluding carboxylic acids is 1. The van der Waals surface area contributed by atoms with Crippen LogP contribution in [0.25, 0.3) is 0 Å². The molecule has 10 heteroatoms. The van der Waals surface area contributed by atoms with Crippen molar-refractivity contribution in [2.75, 3.05) is 26.4 Å². The van der Waals surface area contributed by atoms with Crippen molar-refractivity contribution in [3.8, 4) is 11.5 Å². The molecule has 0 bridgehead atoms. The average Bonchev–Trinajstić information content (AvgIpc) is 4.09. The number of aliphatic hydroxyl groups excluding tert-OH is 2. The van der Waals surface area contributed by atoms with Gasteiger partial charge >= 0.3 is 0 Å². The van der Waals surface area contributed by atoms with E-state index in [1.165, 1.54) is 0 Å². The van der Waals surface area contributed by atoms with Gasteiger partial charge in [0.2, 0.25) is 11.7 Å². The van der Waals surface area contributed by atoms with Crippen molar-refractivity contribution < 1.29 is 34.1 Å². The molecule has 2 N–H and O–H groups in total. The number of rotatable bonds is 21. The summed E-state index contributed by atoms with van der Waals surface area (Å²) < 4.78 is 20.9. The number of aliphatic hydroxyl groups is 2. The molecule has 3 aliphatic carbocycles. The minimum atomic E-state index is -1.25. The zero-order valence-electron chi connectivity index (χ0n) is 34.3. The van der Waals surface area contributed by atoms with Crippen molar-refractivity contribution in [2.45, 2.75) is 109 Å². The van der Waals surface area contributed by atoms with Gasteiger partial charge in [-0.15, -0.1) is 6.58 Å². The standard InChI is InChI=1S/C48H61N3O7/c1-4-24-51(47(54)35-20-21-35)44-30-42(50-57-31-34-15-7-6-8-16-34)40-28-36(17-9-11-25-52)39(19-10-12-26-53)45-41-29-38(55-32-37-18-13-14-33(3)49-37)22-23-43(41)58-48(44,46(40)45)56-27-5-2/h5-8,13-16,18,22-23,28-29,35-36,39,44-46,52-53H,2,4,9-12,17,19-21,24-27,30-32H2,1,3H3/t36-,39+,44-,45+,46+,48+/m0/s1. The number of allylic oxidation sites excluding steroid dienone is 1. The van der Waals surface area contributed by atoms with E-state index in [2.05, 4.69) is 30.6 Å². The lowest BCUT2D eigenvalue weighted by Gasteiger charge is -2.60. The molecule has 4 aliphatic rings. The zero-order chi connectivity index (χ0) is 40.5. The minimum Gasteiger partial charge on any atom is -0.487 e. The molecule has 3 aromatic rings. The fourth-order valence-electron chi connectivity index (χ4n) is 9.56. The molecule has 0 radical (unpaired) electrons. The van der Waals surface area contributed by atoms with Gasteiger partial charge in [-0.25, -0.2) is 0 Å². The number of ether oxygens (including phenoxy) is 3. The number of nitrogens with zero attached hydrogens (tertiary/aromatic N) is 3. The molecule has 10 nitrogen and oxygen atoms in total. The third-order valence-corrected chi connectivity index (χ3v) is 12.3. The Kier molecular flexibility index (Phi) is 14.0. The van der Waals surface area contributed by atoms with Gasteiger partial charge in [0.15, 0.2) is 0 Å². The number of hydrogen-bond donors (Lipinski definition) is 2. The number of unbranched alkanes of at least 4 members (excludes halogenated alkanes) is 2. The van der Waals surface area contributed by atoms with Crippen LogP contribution in [0.1, 0.15) is 99.6 Å². The monoisotopic (exact) mass is 791 g/mol. The highest BCUT2D eigenvalue weighted by Gasteiger charge is 2.65. The number of hydrogen-bond acceptors (Lipinski definition) is 9. The van der Waals surface area contributed by atoms with Crippen molar-refractivity contribution in [3.63, 3.8) is 0 Å². The molecule has 58 heavy (non-hydrogen) atoms. The number of amides is 1. The topological polar surface area (TPSA) is 123 Å². The first-order valence-electron chi connectivity index (χ1n) is 21.5. The Balaban J connectivity index is 1.40. The lowest BCUT2D eigenvalue weighted by atomic mass is 9.55. The zero-order valence-corrected chi connectivity index (χ0v) is 34.3. The number of aryl methyl sites for hydroxylation is 1. The van der Waals surface area contributed by atoms with Gasteiger partial charge in [0.1, 0.15) is 30.8 Å². The molecule has 1 aromatic heterocycles. The van der Waals surface area contributed by atoms with Gasteiger partial charge in [0.25, 0.3) is 0 Å². The van der Waals surface area contributed by atoms with E-state index in [9.17, 15) is 15.0 Å². The molecule has 310 valence electrons. The van der Waals surface area contributed by atoms with Crippen LogP contribution in [0.3, 0.4) is 0 Å². The number of carbonyl (C=O) groups is 1. The summed E-state index contributed by atoms with van der Waals surface area (Å²) in [5.74, 6) is 0.118. The van der Waals surface area contributed by atoms with Gasteiger partial charge in [-0.2, -0.15) is 0 Å². The lowest BCUT2D eigenvalue weighted by molar-refractivity contribution is -0.257. The maximum absolute atomic E-state index is 14.4. The predicted molar refractivity (Wildman–Crippen MR) is 224 cm³/mol. The highest BCUT2D eigenvalue weighted by Crippen LogP contribution is 2.62. The summed E-state index contributed by atoms with van der Waals surface area (Å²) in [7, 11) is 0. The van der Waals surface area contributed by atoms with Crippen molar-refractivity contribution in [1.82, 2.24) is 9.88 Å². The third kappa shape index (κ3) is 9.19. The Labute approximate surface area is 343 Å². The van der Waals surface area contributed by atoms with E-state index in [-0.39, 0.29) is 55.3 Å². The largest absolute Gasteiger partial charge is 0.487 e. The minimum absolute atomic E-state index is 0.00238. The molecule has 1 amide bonds. The maximum Gasteiger partial charge on any atom is 0.239 e. The molecule has 6 atom stereocenters. The molecule has 7 rings (SSSR count). The Hall–Kier alpha value is -4.51. The van der Waals surface area contributed by atoms with Crippen LogP contribution in [0.2, 0.25) is 0 Å². The SMILES string of the molecule is C=CCO[C@@]12Oc3ccc(OCc4cccc(C)n4)cc3[C@H]3[C@H](CCCCO)[C@@H](CCCCO)C=C(C(=NOCc4ccccc4)C[C@@H]1N(CCC)C(=O)C1CC1)[C@H]32. The molecule has 2 saturated carbocycles. The first-order valence-corrected chi connectivity index (χ1v) is 21.5. The number of aromatic nitrogens is 1. The van der Waals surface area contributed by atoms with Gasteiger partial charge in [-0.3, -0.25) is 9.78 Å². The predicted octanol–water partition coefficient (Wildman–Crippen LogP) is 8.45. The smallest absolute Gasteiger partial charge is 0.239 e. The summed E-state index contributed by atoms with van der Waals surface area (Å²) >= 11 is 0. The van der Waals surface area contributed by atoms with Gasteiger partial charge < -0.3 is 34.2 Å². The van der Waals surface area contributed by atoms with Crippen LogP contribution in [0, 0.1) is 30.6 Å². The van der Waals surface area contributed by atoms with E-state index in [0.717, 1.165) is 90.2 Å². The molecule has 0 saturated heterocycles. The second-order valence-electron chi connectivity index (χ2n) is 16.4. The van der Waals surface area contributed by atoms with Gasteiger partial charge in [-0.05, 0) is 105 Å². The van der Waals surface area contributed by atoms with Crippen molar-refractivity contribution in [2.24, 2.45) is 28.8 Å². The Morgan fingerprint density at radius 1 is 1.02 bits per heavy atom. The van der Waals surface area contributed by atoms with Crippen LogP contribution in [-0.4, -0.2) is 69.9 Å². The highest BCUT2D eigenvalue weighted by atomic mass is 16.7. The second-order valence-corrected chi connectivity index (χ2v) is 16.4. The molecular weight excluding hydrogens is 731 g/mol. The molecular formula is C48H61N3O7. The van der Waals surface area contributed by atoms with Gasteiger partial charge in [0, 0.05) is 49.3 Å². The van der Waals surface area contributed by atoms with Gasteiger partial charge in [-0.1, -0.05) is 73.5 Å². The van der Waals surface area contributed by atoms with E-state index in [0.29, 0.717) is 39.0 Å². The molecule has 0 unspecified atom stereocenters. The fraction of sp³-hybridized carbons (Fsp3) is 0.521. The van der Waals surface area contributed by atoms with Crippen molar-refractivity contribution in [1.29, 1.82) is 0 Å². The van der Waals surface area contributed by atoms with Crippen LogP contribution >= 0.6 is 0 Å². The first kappa shape index (κ1) is 41.6. The number of fused-ring (bicyclic) bond motifs is 2. The molecule has 1 aliphatic heterocycles. The molecule has 2 heterocycles. The molecule has 0 spiro atoms. The number of oxime groups is 1. The quantitative estimate of drug-likeness (QED) is 0.0627. The summed E-state index contributed by atoms with van der Waals surface area (Å²) in [6.45, 7) is 9.84. The maximum atomic E-state index is 14.4. The Bertz CT molecular complexity index is 1910. The fourth-order valence-corrected chi connectivity index (χ4v) is 9.56. The second kappa shape index (κ2) is 19.5. The normalized spacial score (nSPS) is 25.2. The van der Waals surface area contributed by atoms with E-state index < -0.39 is 11.8 Å². The van der Waals surface area contributed by atoms with Crippen LogP contribution in [0.15, 0.2) is 96.2 Å². The first-order chi connectivity index (χ1) is 28.4. The molecule has 2 fully saturated rings. The van der Waals surface area contributed by atoms with E-state index in [1.807, 2.05) is 72.5 Å². The van der Waals surface area contributed by atoms with Crippen molar-refractivity contribution in [3.05, 3.63) is 114 Å². The Morgan fingerprint density at radius 2 is 1.81 bits per heavy atom. The van der Waals surface area contributed by atoms with E-state index in [4.69, 9.17) is 24.2 Å². The van der Waals surface area contributed by atoms with Crippen LogP contribution < -0.4 is 9.47 Å². The third-order valence-electron chi connectivity index (χ3n) is 12.3. The van der Waals surface area contributed by atoms with E-state index >= 15 is 0 Å². The summed E-state index contributed by atoms with van der Waals surface area (Å²) in [5.41, 5.74) is 5.67. The van der Waals surface area contributed by atoms with Crippen molar-refractivity contribution >= 4 is 11.6 Å².